The highest BCUT2D eigenvalue weighted by Gasteiger charge is 2.25. The summed E-state index contributed by atoms with van der Waals surface area (Å²) >= 11 is 0. The third-order valence-electron chi connectivity index (χ3n) is 3.68. The largest absolute Gasteiger partial charge is 0.462 e. The number of pyridine rings is 1. The predicted molar refractivity (Wildman–Crippen MR) is 84.8 cm³/mol. The fourth-order valence-corrected chi connectivity index (χ4v) is 3.54. The summed E-state index contributed by atoms with van der Waals surface area (Å²) in [5, 5.41) is 0. The number of hydrogen-bond donors (Lipinski definition) is 1. The number of cyclic esters (lactones) is 1. The molecule has 0 spiro atoms. The summed E-state index contributed by atoms with van der Waals surface area (Å²) in [5.41, 5.74) is 1.59. The lowest BCUT2D eigenvalue weighted by Crippen LogP contribution is -2.22. The van der Waals surface area contributed by atoms with E-state index in [0.29, 0.717) is 29.7 Å². The highest BCUT2D eigenvalue weighted by atomic mass is 32.2. The van der Waals surface area contributed by atoms with Gasteiger partial charge in [0.1, 0.15) is 11.6 Å². The van der Waals surface area contributed by atoms with Gasteiger partial charge in [-0.3, -0.25) is 4.72 Å². The fraction of sp³-hybridized carbons (Fsp3) is 0.250. The molecule has 0 saturated carbocycles. The summed E-state index contributed by atoms with van der Waals surface area (Å²) < 4.78 is 45.1. The summed E-state index contributed by atoms with van der Waals surface area (Å²) in [6.07, 6.45) is 0.964. The van der Waals surface area contributed by atoms with Crippen molar-refractivity contribution in [2.24, 2.45) is 0 Å². The predicted octanol–water partition coefficient (Wildman–Crippen LogP) is 2.30. The first kappa shape index (κ1) is 16.4. The number of esters is 1. The minimum absolute atomic E-state index is 0.0686. The van der Waals surface area contributed by atoms with Crippen molar-refractivity contribution in [1.82, 2.24) is 4.98 Å². The Labute approximate surface area is 138 Å². The normalized spacial score (nSPS) is 14.0. The lowest BCUT2D eigenvalue weighted by atomic mass is 10.0. The number of aryl methyl sites for hydroxylation is 1. The van der Waals surface area contributed by atoms with E-state index in [9.17, 15) is 17.6 Å². The molecule has 0 radical (unpaired) electrons. The highest BCUT2D eigenvalue weighted by molar-refractivity contribution is 7.92. The van der Waals surface area contributed by atoms with Gasteiger partial charge in [0, 0.05) is 6.42 Å². The van der Waals surface area contributed by atoms with Crippen LogP contribution < -0.4 is 4.72 Å². The lowest BCUT2D eigenvalue weighted by molar-refractivity contribution is 0.0478. The van der Waals surface area contributed by atoms with Crippen molar-refractivity contribution in [2.75, 3.05) is 11.3 Å². The number of benzene rings is 1. The number of fused-ring (bicyclic) bond motifs is 1. The van der Waals surface area contributed by atoms with E-state index in [1.165, 1.54) is 18.2 Å². The van der Waals surface area contributed by atoms with Crippen LogP contribution in [0.15, 0.2) is 35.2 Å². The van der Waals surface area contributed by atoms with Gasteiger partial charge in [-0.15, -0.1) is 0 Å². The summed E-state index contributed by atoms with van der Waals surface area (Å²) in [5.74, 6) is -0.828. The molecule has 0 amide bonds. The van der Waals surface area contributed by atoms with E-state index in [-0.39, 0.29) is 17.3 Å². The van der Waals surface area contributed by atoms with Crippen molar-refractivity contribution in [3.63, 3.8) is 0 Å². The Bertz CT molecular complexity index is 878. The molecule has 0 aliphatic carbocycles. The van der Waals surface area contributed by atoms with Crippen molar-refractivity contribution >= 4 is 21.8 Å². The molecule has 0 bridgehead atoms. The Balaban J connectivity index is 1.98. The molecule has 1 aromatic carbocycles. The van der Waals surface area contributed by atoms with E-state index in [1.54, 1.807) is 0 Å². The van der Waals surface area contributed by atoms with Gasteiger partial charge in [0.15, 0.2) is 0 Å². The van der Waals surface area contributed by atoms with Crippen LogP contribution in [-0.4, -0.2) is 26.0 Å². The number of nitrogens with one attached hydrogen (secondary N) is 1. The monoisotopic (exact) mass is 350 g/mol. The number of halogens is 1. The number of hydrogen-bond acceptors (Lipinski definition) is 5. The Morgan fingerprint density at radius 2 is 2.00 bits per heavy atom. The molecule has 2 heterocycles. The van der Waals surface area contributed by atoms with Crippen LogP contribution >= 0.6 is 0 Å². The average Bonchev–Trinajstić information content (AvgIpc) is 2.54. The summed E-state index contributed by atoms with van der Waals surface area (Å²) in [6, 6.07) is 6.03. The van der Waals surface area contributed by atoms with Gasteiger partial charge in [-0.25, -0.2) is 22.6 Å². The van der Waals surface area contributed by atoms with Crippen molar-refractivity contribution < 1.29 is 22.3 Å². The minimum Gasteiger partial charge on any atom is -0.462 e. The molecular formula is C16H15FN2O4S. The Morgan fingerprint density at radius 3 is 2.67 bits per heavy atom. The minimum atomic E-state index is -3.89. The van der Waals surface area contributed by atoms with Crippen LogP contribution in [0, 0.1) is 5.82 Å². The summed E-state index contributed by atoms with van der Waals surface area (Å²) in [4.78, 5) is 16.0. The number of sulfonamides is 1. The van der Waals surface area contributed by atoms with Crippen LogP contribution in [0.4, 0.5) is 10.2 Å². The zero-order chi connectivity index (χ0) is 17.3. The molecular weight excluding hydrogens is 335 g/mol. The number of anilines is 1. The second kappa shape index (κ2) is 6.20. The molecule has 1 aliphatic rings. The van der Waals surface area contributed by atoms with Crippen molar-refractivity contribution in [3.05, 3.63) is 53.0 Å². The van der Waals surface area contributed by atoms with E-state index < -0.39 is 21.8 Å². The summed E-state index contributed by atoms with van der Waals surface area (Å²) in [7, 11) is -3.89. The first-order valence-corrected chi connectivity index (χ1v) is 8.87. The lowest BCUT2D eigenvalue weighted by Gasteiger charge is -2.19. The number of carbonyl (C=O) groups is 1. The number of nitrogens with zero attached hydrogens (tertiary/aromatic N) is 1. The smallest absolute Gasteiger partial charge is 0.340 e. The maximum absolute atomic E-state index is 13.0. The molecule has 1 aliphatic heterocycles. The average molecular weight is 350 g/mol. The van der Waals surface area contributed by atoms with Crippen LogP contribution in [0.3, 0.4) is 0 Å². The van der Waals surface area contributed by atoms with E-state index in [2.05, 4.69) is 9.71 Å². The zero-order valence-corrected chi connectivity index (χ0v) is 13.7. The molecule has 8 heteroatoms. The molecule has 1 N–H and O–H groups in total. The van der Waals surface area contributed by atoms with E-state index >= 15 is 0 Å². The zero-order valence-electron chi connectivity index (χ0n) is 12.9. The Kier molecular flexibility index (Phi) is 4.23. The Morgan fingerprint density at radius 1 is 1.29 bits per heavy atom. The molecule has 0 atom stereocenters. The van der Waals surface area contributed by atoms with Crippen LogP contribution in [0.5, 0.6) is 0 Å². The van der Waals surface area contributed by atoms with Gasteiger partial charge in [-0.2, -0.15) is 0 Å². The SMILES string of the molecule is CCc1nc(NS(=O)(=O)c2ccc(F)cc2)cc2c1C(=O)OCC2. The van der Waals surface area contributed by atoms with E-state index in [0.717, 1.165) is 12.1 Å². The van der Waals surface area contributed by atoms with E-state index in [1.807, 2.05) is 6.92 Å². The number of carbonyl (C=O) groups excluding carboxylic acids is 1. The first-order valence-electron chi connectivity index (χ1n) is 7.39. The topological polar surface area (TPSA) is 85.4 Å². The highest BCUT2D eigenvalue weighted by Crippen LogP contribution is 2.25. The van der Waals surface area contributed by atoms with Gasteiger partial charge in [0.05, 0.1) is 22.8 Å². The van der Waals surface area contributed by atoms with Gasteiger partial charge in [0.25, 0.3) is 10.0 Å². The van der Waals surface area contributed by atoms with Crippen molar-refractivity contribution in [2.45, 2.75) is 24.7 Å². The molecule has 0 unspecified atom stereocenters. The molecule has 6 nitrogen and oxygen atoms in total. The van der Waals surface area contributed by atoms with Crippen LogP contribution in [0.2, 0.25) is 0 Å². The molecule has 0 fully saturated rings. The molecule has 3 rings (SSSR count). The maximum Gasteiger partial charge on any atom is 0.340 e. The molecule has 0 saturated heterocycles. The van der Waals surface area contributed by atoms with E-state index in [4.69, 9.17) is 4.74 Å². The molecule has 126 valence electrons. The van der Waals surface area contributed by atoms with Crippen molar-refractivity contribution in [1.29, 1.82) is 0 Å². The standard InChI is InChI=1S/C16H15FN2O4S/c1-2-13-15-10(7-8-23-16(15)20)9-14(18-13)19-24(21,22)12-5-3-11(17)4-6-12/h3-6,9H,2,7-8H2,1H3,(H,18,19). The Hall–Kier alpha value is -2.48. The quantitative estimate of drug-likeness (QED) is 0.855. The summed E-state index contributed by atoms with van der Waals surface area (Å²) in [6.45, 7) is 2.08. The second-order valence-electron chi connectivity index (χ2n) is 5.29. The fourth-order valence-electron chi connectivity index (χ4n) is 2.55. The maximum atomic E-state index is 13.0. The first-order chi connectivity index (χ1) is 11.4. The van der Waals surface area contributed by atoms with Gasteiger partial charge in [0.2, 0.25) is 0 Å². The number of ether oxygens (including phenoxy) is 1. The molecule has 2 aromatic rings. The van der Waals surface area contributed by atoms with Gasteiger partial charge < -0.3 is 4.74 Å². The van der Waals surface area contributed by atoms with Gasteiger partial charge >= 0.3 is 5.97 Å². The van der Waals surface area contributed by atoms with Gasteiger partial charge in [-0.05, 0) is 42.3 Å². The third-order valence-corrected chi connectivity index (χ3v) is 5.05. The third kappa shape index (κ3) is 3.09. The van der Waals surface area contributed by atoms with Crippen LogP contribution in [0.25, 0.3) is 0 Å². The number of aromatic nitrogens is 1. The van der Waals surface area contributed by atoms with Crippen molar-refractivity contribution in [3.8, 4) is 0 Å². The van der Waals surface area contributed by atoms with Gasteiger partial charge in [-0.1, -0.05) is 6.92 Å². The second-order valence-corrected chi connectivity index (χ2v) is 6.97. The molecule has 1 aromatic heterocycles. The van der Waals surface area contributed by atoms with Crippen LogP contribution in [-0.2, 0) is 27.6 Å². The number of rotatable bonds is 4. The van der Waals surface area contributed by atoms with Crippen LogP contribution in [0.1, 0.15) is 28.5 Å². The molecule has 24 heavy (non-hydrogen) atoms.